The smallest absolute Gasteiger partial charge is 0.295 e. The van der Waals surface area contributed by atoms with Gasteiger partial charge in [-0.1, -0.05) is 35.9 Å². The highest BCUT2D eigenvalue weighted by molar-refractivity contribution is 6.46. The average Bonchev–Trinajstić information content (AvgIpc) is 3.18. The maximum Gasteiger partial charge on any atom is 0.295 e. The Labute approximate surface area is 233 Å². The normalized spacial score (nSPS) is 16.4. The summed E-state index contributed by atoms with van der Waals surface area (Å²) in [5.74, 6) is -0.658. The first-order valence-electron chi connectivity index (χ1n) is 12.4. The molecule has 1 heterocycles. The molecule has 1 amide bonds. The van der Waals surface area contributed by atoms with E-state index in [1.54, 1.807) is 0 Å². The molecule has 1 unspecified atom stereocenters. The van der Waals surface area contributed by atoms with E-state index < -0.39 is 17.7 Å². The monoisotopic (exact) mass is 550 g/mol. The Bertz CT molecular complexity index is 1400. The second-order valence-electron chi connectivity index (χ2n) is 9.18. The van der Waals surface area contributed by atoms with Gasteiger partial charge in [0, 0.05) is 32.4 Å². The predicted molar refractivity (Wildman–Crippen MR) is 151 cm³/mol. The first-order chi connectivity index (χ1) is 18.7. The molecule has 1 aliphatic heterocycles. The largest absolute Gasteiger partial charge is 0.507 e. The van der Waals surface area contributed by atoms with E-state index in [1.807, 2.05) is 74.4 Å². The van der Waals surface area contributed by atoms with Crippen LogP contribution in [0.25, 0.3) is 5.76 Å². The summed E-state index contributed by atoms with van der Waals surface area (Å²) in [6.45, 7) is 2.59. The fourth-order valence-corrected chi connectivity index (χ4v) is 4.82. The van der Waals surface area contributed by atoms with Crippen LogP contribution >= 0.6 is 11.6 Å². The summed E-state index contributed by atoms with van der Waals surface area (Å²) in [5, 5.41) is 11.8. The molecule has 39 heavy (non-hydrogen) atoms. The lowest BCUT2D eigenvalue weighted by Crippen LogP contribution is -2.29. The third-order valence-electron chi connectivity index (χ3n) is 6.58. The van der Waals surface area contributed by atoms with E-state index in [0.717, 1.165) is 11.3 Å². The van der Waals surface area contributed by atoms with Crippen molar-refractivity contribution in [1.82, 2.24) is 4.90 Å². The highest BCUT2D eigenvalue weighted by Crippen LogP contribution is 2.43. The van der Waals surface area contributed by atoms with Crippen LogP contribution in [-0.4, -0.2) is 56.6 Å². The number of ether oxygens (including phenoxy) is 3. The number of methoxy groups -OCH3 is 2. The molecule has 1 atom stereocenters. The lowest BCUT2D eigenvalue weighted by atomic mass is 9.94. The van der Waals surface area contributed by atoms with Crippen molar-refractivity contribution in [3.63, 3.8) is 0 Å². The number of carbonyl (C=O) groups excluding carboxylic acids is 2. The molecule has 3 aromatic carbocycles. The van der Waals surface area contributed by atoms with Gasteiger partial charge in [0.05, 0.1) is 43.0 Å². The zero-order valence-electron chi connectivity index (χ0n) is 22.5. The van der Waals surface area contributed by atoms with Gasteiger partial charge >= 0.3 is 0 Å². The minimum atomic E-state index is -0.848. The van der Waals surface area contributed by atoms with Crippen LogP contribution < -0.4 is 19.1 Å². The molecule has 1 saturated heterocycles. The van der Waals surface area contributed by atoms with Crippen molar-refractivity contribution in [1.29, 1.82) is 0 Å². The Balaban J connectivity index is 1.87. The number of hydrogen-bond donors (Lipinski definition) is 1. The van der Waals surface area contributed by atoms with Crippen LogP contribution in [0, 0.1) is 0 Å². The molecule has 9 heteroatoms. The number of amides is 1. The summed E-state index contributed by atoms with van der Waals surface area (Å²) in [4.78, 5) is 30.4. The number of halogens is 1. The van der Waals surface area contributed by atoms with Gasteiger partial charge in [-0.3, -0.25) is 9.59 Å². The van der Waals surface area contributed by atoms with E-state index in [4.69, 9.17) is 25.8 Å². The van der Waals surface area contributed by atoms with Crippen LogP contribution in [0.1, 0.15) is 29.7 Å². The van der Waals surface area contributed by atoms with Gasteiger partial charge in [-0.15, -0.1) is 0 Å². The second kappa shape index (κ2) is 11.7. The number of rotatable bonds is 9. The number of ketones is 1. The number of benzene rings is 3. The minimum Gasteiger partial charge on any atom is -0.507 e. The van der Waals surface area contributed by atoms with Crippen molar-refractivity contribution in [3.05, 3.63) is 87.9 Å². The number of carbonyl (C=O) groups is 2. The summed E-state index contributed by atoms with van der Waals surface area (Å²) in [6, 6.07) is 17.0. The molecule has 8 nitrogen and oxygen atoms in total. The number of anilines is 1. The molecular formula is C30H31ClN2O6. The van der Waals surface area contributed by atoms with Crippen LogP contribution in [-0.2, 0) is 16.1 Å². The van der Waals surface area contributed by atoms with Crippen LogP contribution in [0.5, 0.6) is 17.2 Å². The van der Waals surface area contributed by atoms with E-state index in [2.05, 4.69) is 0 Å². The fraction of sp³-hybridized carbons (Fsp3) is 0.267. The molecule has 0 saturated carbocycles. The molecule has 0 radical (unpaired) electrons. The number of hydrogen-bond acceptors (Lipinski definition) is 7. The number of aliphatic hydroxyl groups is 1. The van der Waals surface area contributed by atoms with Crippen molar-refractivity contribution in [2.24, 2.45) is 0 Å². The van der Waals surface area contributed by atoms with Crippen LogP contribution in [0.2, 0.25) is 5.02 Å². The van der Waals surface area contributed by atoms with Gasteiger partial charge in [0.25, 0.3) is 11.7 Å². The zero-order valence-corrected chi connectivity index (χ0v) is 23.3. The summed E-state index contributed by atoms with van der Waals surface area (Å²) in [6.07, 6.45) is 0. The molecule has 204 valence electrons. The first kappa shape index (κ1) is 27.9. The van der Waals surface area contributed by atoms with Gasteiger partial charge in [0.2, 0.25) is 0 Å². The highest BCUT2D eigenvalue weighted by atomic mass is 35.5. The third kappa shape index (κ3) is 5.52. The summed E-state index contributed by atoms with van der Waals surface area (Å²) in [7, 11) is 6.72. The summed E-state index contributed by atoms with van der Waals surface area (Å²) < 4.78 is 16.3. The Morgan fingerprint density at radius 2 is 1.62 bits per heavy atom. The van der Waals surface area contributed by atoms with Crippen LogP contribution in [0.15, 0.2) is 66.2 Å². The molecule has 1 fully saturated rings. The molecular weight excluding hydrogens is 520 g/mol. The van der Waals surface area contributed by atoms with Crippen LogP contribution in [0.3, 0.4) is 0 Å². The van der Waals surface area contributed by atoms with Gasteiger partial charge in [0.15, 0.2) is 0 Å². The molecule has 0 spiro atoms. The average molecular weight is 551 g/mol. The van der Waals surface area contributed by atoms with Gasteiger partial charge < -0.3 is 29.1 Å². The molecule has 0 aromatic heterocycles. The lowest BCUT2D eigenvalue weighted by molar-refractivity contribution is -0.140. The lowest BCUT2D eigenvalue weighted by Gasteiger charge is -2.26. The van der Waals surface area contributed by atoms with Gasteiger partial charge in [0.1, 0.15) is 23.0 Å². The third-order valence-corrected chi connectivity index (χ3v) is 6.88. The number of aliphatic hydroxyl groups excluding tert-OH is 1. The minimum absolute atomic E-state index is 0.0498. The highest BCUT2D eigenvalue weighted by Gasteiger charge is 2.46. The Morgan fingerprint density at radius 3 is 2.18 bits per heavy atom. The standard InChI is InChI=1S/C30H31ClN2O6/c1-6-39-21-13-7-18(8-14-21)17-33-27(19-9-11-20(12-10-19)32(2)3)26(29(35)30(33)36)28(34)22-15-25(38-5)23(31)16-24(22)37-4/h7-16,27,34H,6,17H2,1-5H3/b28-26+. The van der Waals surface area contributed by atoms with Gasteiger partial charge in [-0.25, -0.2) is 0 Å². The van der Waals surface area contributed by atoms with Crippen molar-refractivity contribution in [3.8, 4) is 17.2 Å². The molecule has 3 aromatic rings. The maximum absolute atomic E-state index is 13.5. The van der Waals surface area contributed by atoms with Crippen molar-refractivity contribution in [2.75, 3.05) is 39.8 Å². The van der Waals surface area contributed by atoms with Crippen molar-refractivity contribution < 1.29 is 28.9 Å². The molecule has 1 aliphatic rings. The van der Waals surface area contributed by atoms with E-state index in [9.17, 15) is 14.7 Å². The quantitative estimate of drug-likeness (QED) is 0.215. The molecule has 0 aliphatic carbocycles. The van der Waals surface area contributed by atoms with E-state index >= 15 is 0 Å². The van der Waals surface area contributed by atoms with Crippen molar-refractivity contribution in [2.45, 2.75) is 19.5 Å². The Kier molecular flexibility index (Phi) is 8.35. The van der Waals surface area contributed by atoms with Gasteiger partial charge in [-0.2, -0.15) is 0 Å². The predicted octanol–water partition coefficient (Wildman–Crippen LogP) is 5.44. The van der Waals surface area contributed by atoms with E-state index in [0.29, 0.717) is 17.9 Å². The number of nitrogens with zero attached hydrogens (tertiary/aromatic N) is 2. The Hall–Kier alpha value is -4.17. The molecule has 4 rings (SSSR count). The number of Topliss-reactive ketones (excluding diaryl/α,β-unsaturated/α-hetero) is 1. The van der Waals surface area contributed by atoms with Crippen molar-refractivity contribution >= 4 is 34.7 Å². The fourth-order valence-electron chi connectivity index (χ4n) is 4.59. The topological polar surface area (TPSA) is 88.5 Å². The number of likely N-dealkylation sites (tertiary alicyclic amines) is 1. The SMILES string of the molecule is CCOc1ccc(CN2C(=O)C(=O)/C(=C(/O)c3cc(OC)c(Cl)cc3OC)C2c2ccc(N(C)C)cc2)cc1. The first-order valence-corrected chi connectivity index (χ1v) is 12.8. The Morgan fingerprint density at radius 1 is 0.974 bits per heavy atom. The van der Waals surface area contributed by atoms with Gasteiger partial charge in [-0.05, 0) is 48.4 Å². The summed E-state index contributed by atoms with van der Waals surface area (Å²) >= 11 is 6.26. The van der Waals surface area contributed by atoms with E-state index in [-0.39, 0.29) is 40.0 Å². The zero-order chi connectivity index (χ0) is 28.3. The molecule has 1 N–H and O–H groups in total. The second-order valence-corrected chi connectivity index (χ2v) is 9.58. The van der Waals surface area contributed by atoms with Crippen LogP contribution in [0.4, 0.5) is 5.69 Å². The van der Waals surface area contributed by atoms with E-state index in [1.165, 1.54) is 31.3 Å². The molecule has 0 bridgehead atoms. The summed E-state index contributed by atoms with van der Waals surface area (Å²) in [5.41, 5.74) is 2.57. The maximum atomic E-state index is 13.5.